The Bertz CT molecular complexity index is 1370. The molecule has 1 amide bonds. The summed E-state index contributed by atoms with van der Waals surface area (Å²) < 4.78 is 24.9. The molecule has 0 saturated carbocycles. The second-order valence-corrected chi connectivity index (χ2v) is 9.36. The van der Waals surface area contributed by atoms with Gasteiger partial charge in [0, 0.05) is 22.2 Å². The van der Waals surface area contributed by atoms with Crippen LogP contribution in [0, 0.1) is 15.9 Å². The maximum atomic E-state index is 13.5. The van der Waals surface area contributed by atoms with Crippen molar-refractivity contribution >= 4 is 23.2 Å². The van der Waals surface area contributed by atoms with E-state index >= 15 is 0 Å². The summed E-state index contributed by atoms with van der Waals surface area (Å²) >= 11 is 6.58. The molecule has 10 heteroatoms. The molecule has 0 aliphatic carbocycles. The van der Waals surface area contributed by atoms with E-state index in [1.165, 1.54) is 19.2 Å². The Balaban J connectivity index is 1.53. The molecule has 0 radical (unpaired) electrons. The van der Waals surface area contributed by atoms with Gasteiger partial charge < -0.3 is 14.8 Å². The van der Waals surface area contributed by atoms with Crippen molar-refractivity contribution in [3.05, 3.63) is 98.3 Å². The van der Waals surface area contributed by atoms with Crippen LogP contribution in [-0.4, -0.2) is 30.0 Å². The van der Waals surface area contributed by atoms with Crippen molar-refractivity contribution < 1.29 is 23.6 Å². The molecule has 1 fully saturated rings. The van der Waals surface area contributed by atoms with E-state index < -0.39 is 34.4 Å². The molecule has 1 spiro atoms. The fraction of sp³-hybridized carbons (Fsp3) is 0.269. The highest BCUT2D eigenvalue weighted by Crippen LogP contribution is 2.51. The van der Waals surface area contributed by atoms with Crippen LogP contribution in [0.2, 0.25) is 5.02 Å². The van der Waals surface area contributed by atoms with Crippen molar-refractivity contribution in [2.75, 3.05) is 12.4 Å². The molecule has 2 aliphatic heterocycles. The SMILES string of the molecule is COc1cc([C@@H]2[C@H](C)N[C@@]3(C(=O)Nc4ccccc43)[C@H]2[N+](=O)[O-])cc(Cl)c1OCc1cccc(F)c1. The van der Waals surface area contributed by atoms with Crippen molar-refractivity contribution in [2.45, 2.75) is 37.1 Å². The van der Waals surface area contributed by atoms with Crippen LogP contribution < -0.4 is 20.1 Å². The van der Waals surface area contributed by atoms with E-state index in [1.54, 1.807) is 55.5 Å². The third kappa shape index (κ3) is 3.75. The van der Waals surface area contributed by atoms with Crippen molar-refractivity contribution in [2.24, 2.45) is 0 Å². The normalized spacial score (nSPS) is 24.4. The molecule has 1 saturated heterocycles. The molecular formula is C26H23ClFN3O5. The fourth-order valence-electron chi connectivity index (χ4n) is 5.41. The number of carbonyl (C=O) groups is 1. The van der Waals surface area contributed by atoms with Crippen LogP contribution in [0.1, 0.15) is 29.5 Å². The number of ether oxygens (including phenoxy) is 2. The lowest BCUT2D eigenvalue weighted by molar-refractivity contribution is -0.532. The van der Waals surface area contributed by atoms with Gasteiger partial charge in [0.2, 0.25) is 0 Å². The van der Waals surface area contributed by atoms with Gasteiger partial charge in [-0.3, -0.25) is 20.2 Å². The Kier molecular flexibility index (Phi) is 6.05. The van der Waals surface area contributed by atoms with Crippen molar-refractivity contribution in [1.82, 2.24) is 5.32 Å². The molecule has 8 nitrogen and oxygen atoms in total. The molecule has 0 unspecified atom stereocenters. The van der Waals surface area contributed by atoms with Gasteiger partial charge in [-0.15, -0.1) is 0 Å². The quantitative estimate of drug-likeness (QED) is 0.369. The van der Waals surface area contributed by atoms with E-state index in [-0.39, 0.29) is 28.9 Å². The molecule has 3 aromatic carbocycles. The number of nitrogens with zero attached hydrogens (tertiary/aromatic N) is 1. The molecule has 0 aromatic heterocycles. The standard InChI is InChI=1S/C26H23ClFN3O5/c1-14-22(24(31(33)34)26(30-14)18-8-3-4-9-20(18)29-25(26)32)16-11-19(27)23(21(12-16)35-2)36-13-15-6-5-7-17(28)10-15/h3-12,14,22,24,30H,13H2,1-2H3,(H,29,32)/t14-,22-,24-,26+/m0/s1. The van der Waals surface area contributed by atoms with E-state index in [1.807, 2.05) is 0 Å². The van der Waals surface area contributed by atoms with Crippen LogP contribution in [0.3, 0.4) is 0 Å². The third-order valence-corrected chi connectivity index (χ3v) is 7.15. The molecule has 0 bridgehead atoms. The highest BCUT2D eigenvalue weighted by Gasteiger charge is 2.67. The number of para-hydroxylation sites is 1. The Morgan fingerprint density at radius 3 is 2.67 bits per heavy atom. The van der Waals surface area contributed by atoms with Crippen molar-refractivity contribution in [3.63, 3.8) is 0 Å². The highest BCUT2D eigenvalue weighted by molar-refractivity contribution is 6.32. The van der Waals surface area contributed by atoms with E-state index in [9.17, 15) is 19.3 Å². The zero-order valence-corrected chi connectivity index (χ0v) is 20.2. The molecule has 36 heavy (non-hydrogen) atoms. The van der Waals surface area contributed by atoms with Crippen LogP contribution in [0.25, 0.3) is 0 Å². The number of hydrogen-bond donors (Lipinski definition) is 2. The van der Waals surface area contributed by atoms with Crippen LogP contribution >= 0.6 is 11.6 Å². The number of nitro groups is 1. The van der Waals surface area contributed by atoms with Crippen molar-refractivity contribution in [3.8, 4) is 11.5 Å². The topological polar surface area (TPSA) is 103 Å². The lowest BCUT2D eigenvalue weighted by Crippen LogP contribution is -2.54. The van der Waals surface area contributed by atoms with E-state index in [4.69, 9.17) is 21.1 Å². The number of carbonyl (C=O) groups excluding carboxylic acids is 1. The average molecular weight is 512 g/mol. The zero-order chi connectivity index (χ0) is 25.6. The number of benzene rings is 3. The summed E-state index contributed by atoms with van der Waals surface area (Å²) in [6.07, 6.45) is 0. The lowest BCUT2D eigenvalue weighted by atomic mass is 9.78. The highest BCUT2D eigenvalue weighted by atomic mass is 35.5. The second-order valence-electron chi connectivity index (χ2n) is 8.95. The number of fused-ring (bicyclic) bond motifs is 2. The molecule has 3 aromatic rings. The van der Waals surface area contributed by atoms with Gasteiger partial charge in [-0.25, -0.2) is 4.39 Å². The fourth-order valence-corrected chi connectivity index (χ4v) is 5.68. The van der Waals surface area contributed by atoms with Crippen LogP contribution in [-0.2, 0) is 16.9 Å². The summed E-state index contributed by atoms with van der Waals surface area (Å²) in [6, 6.07) is 14.4. The van der Waals surface area contributed by atoms with Crippen molar-refractivity contribution in [1.29, 1.82) is 0 Å². The summed E-state index contributed by atoms with van der Waals surface area (Å²) in [4.78, 5) is 25.3. The van der Waals surface area contributed by atoms with Gasteiger partial charge in [0.1, 0.15) is 12.4 Å². The van der Waals surface area contributed by atoms with Gasteiger partial charge in [-0.2, -0.15) is 0 Å². The van der Waals surface area contributed by atoms with Gasteiger partial charge in [-0.05, 0) is 48.4 Å². The van der Waals surface area contributed by atoms with Crippen LogP contribution in [0.15, 0.2) is 60.7 Å². The second kappa shape index (κ2) is 9.07. The number of amides is 1. The number of nitrogens with one attached hydrogen (secondary N) is 2. The first-order valence-corrected chi connectivity index (χ1v) is 11.7. The Labute approximate surface area is 211 Å². The molecule has 2 aliphatic rings. The summed E-state index contributed by atoms with van der Waals surface area (Å²) in [6.45, 7) is 1.85. The van der Waals surface area contributed by atoms with Gasteiger partial charge in [0.05, 0.1) is 18.1 Å². The predicted molar refractivity (Wildman–Crippen MR) is 132 cm³/mol. The largest absolute Gasteiger partial charge is 0.493 e. The van der Waals surface area contributed by atoms with E-state index in [0.717, 1.165) is 0 Å². The van der Waals surface area contributed by atoms with Gasteiger partial charge in [-0.1, -0.05) is 41.9 Å². The number of methoxy groups -OCH3 is 1. The number of rotatable bonds is 6. The zero-order valence-electron chi connectivity index (χ0n) is 19.5. The molecule has 4 atom stereocenters. The van der Waals surface area contributed by atoms with Gasteiger partial charge >= 0.3 is 0 Å². The first-order valence-electron chi connectivity index (χ1n) is 11.3. The Hall–Kier alpha value is -3.69. The number of halogens is 2. The van der Waals surface area contributed by atoms with Gasteiger partial charge in [0.25, 0.3) is 11.9 Å². The third-order valence-electron chi connectivity index (χ3n) is 6.87. The minimum absolute atomic E-state index is 0.0478. The average Bonchev–Trinajstić information content (AvgIpc) is 3.31. The molecule has 186 valence electrons. The Morgan fingerprint density at radius 1 is 1.17 bits per heavy atom. The minimum atomic E-state index is -1.53. The molecular weight excluding hydrogens is 489 g/mol. The Morgan fingerprint density at radius 2 is 1.94 bits per heavy atom. The first-order chi connectivity index (χ1) is 17.3. The summed E-state index contributed by atoms with van der Waals surface area (Å²) in [7, 11) is 1.44. The molecule has 5 rings (SSSR count). The predicted octanol–water partition coefficient (Wildman–Crippen LogP) is 4.63. The summed E-state index contributed by atoms with van der Waals surface area (Å²) in [5.74, 6) is -1.04. The number of hydrogen-bond acceptors (Lipinski definition) is 6. The lowest BCUT2D eigenvalue weighted by Gasteiger charge is -2.25. The van der Waals surface area contributed by atoms with Crippen LogP contribution in [0.5, 0.6) is 11.5 Å². The molecule has 2 N–H and O–H groups in total. The maximum absolute atomic E-state index is 13.5. The maximum Gasteiger partial charge on any atom is 0.256 e. The van der Waals surface area contributed by atoms with Gasteiger partial charge in [0.15, 0.2) is 17.0 Å². The first kappa shape index (κ1) is 24.0. The summed E-state index contributed by atoms with van der Waals surface area (Å²) in [5, 5.41) is 18.7. The monoisotopic (exact) mass is 511 g/mol. The molecule has 2 heterocycles. The van der Waals surface area contributed by atoms with E-state index in [0.29, 0.717) is 22.4 Å². The summed E-state index contributed by atoms with van der Waals surface area (Å²) in [5.41, 5.74) is 0.694. The van der Waals surface area contributed by atoms with E-state index in [2.05, 4.69) is 10.6 Å². The smallest absolute Gasteiger partial charge is 0.256 e. The minimum Gasteiger partial charge on any atom is -0.493 e. The number of anilines is 1. The van der Waals surface area contributed by atoms with Crippen LogP contribution in [0.4, 0.5) is 10.1 Å².